The van der Waals surface area contributed by atoms with Crippen LogP contribution in [0.15, 0.2) is 24.3 Å². The molecule has 3 rings (SSSR count). The molecule has 1 saturated carbocycles. The van der Waals surface area contributed by atoms with Crippen LogP contribution in [0.1, 0.15) is 36.8 Å². The molecular weight excluding hydrogens is 305 g/mol. The van der Waals surface area contributed by atoms with Gasteiger partial charge in [-0.05, 0) is 50.4 Å². The Bertz CT molecular complexity index is 575. The zero-order valence-corrected chi connectivity index (χ0v) is 12.9. The van der Waals surface area contributed by atoms with E-state index >= 15 is 0 Å². The maximum absolute atomic E-state index is 12.9. The number of piperidine rings is 1. The first-order chi connectivity index (χ1) is 10.9. The molecule has 1 amide bonds. The van der Waals surface area contributed by atoms with E-state index < -0.39 is 11.7 Å². The van der Waals surface area contributed by atoms with Crippen molar-refractivity contribution in [2.45, 2.75) is 37.3 Å². The van der Waals surface area contributed by atoms with Gasteiger partial charge in [-0.15, -0.1) is 0 Å². The molecule has 1 aliphatic heterocycles. The lowest BCUT2D eigenvalue weighted by molar-refractivity contribution is -0.137. The van der Waals surface area contributed by atoms with Crippen molar-refractivity contribution in [3.8, 4) is 0 Å². The van der Waals surface area contributed by atoms with Gasteiger partial charge >= 0.3 is 6.18 Å². The summed E-state index contributed by atoms with van der Waals surface area (Å²) in [5.74, 6) is 0.0540. The van der Waals surface area contributed by atoms with Crippen LogP contribution in [-0.4, -0.2) is 25.5 Å². The summed E-state index contributed by atoms with van der Waals surface area (Å²) in [7, 11) is 0. The van der Waals surface area contributed by atoms with Crippen LogP contribution >= 0.6 is 0 Å². The van der Waals surface area contributed by atoms with Gasteiger partial charge in [0.25, 0.3) is 0 Å². The molecule has 2 fully saturated rings. The molecule has 6 heteroatoms. The van der Waals surface area contributed by atoms with Crippen LogP contribution in [0.3, 0.4) is 0 Å². The highest BCUT2D eigenvalue weighted by Gasteiger charge is 2.45. The standard InChI is InChI=1S/C17H21F3N2O/c18-17(19,20)14-3-1-2-13(10-14)16(6-7-16)11-22-15(23)12-4-8-21-9-5-12/h1-3,10,12,21H,4-9,11H2,(H,22,23). The summed E-state index contributed by atoms with van der Waals surface area (Å²) in [6, 6.07) is 5.50. The van der Waals surface area contributed by atoms with Crippen molar-refractivity contribution in [2.75, 3.05) is 19.6 Å². The normalized spacial score (nSPS) is 21.0. The molecule has 1 aliphatic carbocycles. The third kappa shape index (κ3) is 3.68. The zero-order valence-electron chi connectivity index (χ0n) is 12.9. The van der Waals surface area contributed by atoms with Crippen molar-refractivity contribution in [3.63, 3.8) is 0 Å². The third-order valence-electron chi connectivity index (χ3n) is 4.97. The van der Waals surface area contributed by atoms with Gasteiger partial charge in [0.1, 0.15) is 0 Å². The van der Waals surface area contributed by atoms with E-state index in [9.17, 15) is 18.0 Å². The number of carbonyl (C=O) groups excluding carboxylic acids is 1. The van der Waals surface area contributed by atoms with Crippen LogP contribution < -0.4 is 10.6 Å². The molecule has 1 aromatic rings. The molecular formula is C17H21F3N2O. The van der Waals surface area contributed by atoms with E-state index in [1.54, 1.807) is 6.07 Å². The van der Waals surface area contributed by atoms with Gasteiger partial charge in [-0.1, -0.05) is 18.2 Å². The predicted octanol–water partition coefficient (Wildman–Crippen LogP) is 2.85. The molecule has 126 valence electrons. The van der Waals surface area contributed by atoms with Crippen LogP contribution in [0.5, 0.6) is 0 Å². The quantitative estimate of drug-likeness (QED) is 0.893. The number of benzene rings is 1. The Morgan fingerprint density at radius 1 is 1.26 bits per heavy atom. The van der Waals surface area contributed by atoms with Gasteiger partial charge in [0.05, 0.1) is 5.56 Å². The average Bonchev–Trinajstić information content (AvgIpc) is 3.34. The molecule has 0 bridgehead atoms. The Morgan fingerprint density at radius 2 is 1.96 bits per heavy atom. The highest BCUT2D eigenvalue weighted by Crippen LogP contribution is 2.48. The Labute approximate surface area is 133 Å². The van der Waals surface area contributed by atoms with Crippen LogP contribution in [0.4, 0.5) is 13.2 Å². The fourth-order valence-corrected chi connectivity index (χ4v) is 3.23. The Morgan fingerprint density at radius 3 is 2.57 bits per heavy atom. The van der Waals surface area contributed by atoms with Gasteiger partial charge in [0.15, 0.2) is 0 Å². The van der Waals surface area contributed by atoms with E-state index in [0.29, 0.717) is 12.1 Å². The maximum Gasteiger partial charge on any atom is 0.416 e. The molecule has 0 aromatic heterocycles. The second-order valence-electron chi connectivity index (χ2n) is 6.60. The molecule has 1 heterocycles. The van der Waals surface area contributed by atoms with Gasteiger partial charge in [-0.3, -0.25) is 4.79 Å². The van der Waals surface area contributed by atoms with Gasteiger partial charge < -0.3 is 10.6 Å². The van der Waals surface area contributed by atoms with Crippen molar-refractivity contribution in [1.29, 1.82) is 0 Å². The predicted molar refractivity (Wildman–Crippen MR) is 81.0 cm³/mol. The summed E-state index contributed by atoms with van der Waals surface area (Å²) in [4.78, 5) is 12.2. The first-order valence-electron chi connectivity index (χ1n) is 8.07. The summed E-state index contributed by atoms with van der Waals surface area (Å²) in [5.41, 5.74) is -0.256. The zero-order chi connectivity index (χ0) is 16.5. The number of carbonyl (C=O) groups is 1. The van der Waals surface area contributed by atoms with E-state index in [0.717, 1.165) is 44.8 Å². The van der Waals surface area contributed by atoms with Gasteiger partial charge in [-0.25, -0.2) is 0 Å². The molecule has 1 aromatic carbocycles. The molecule has 23 heavy (non-hydrogen) atoms. The van der Waals surface area contributed by atoms with E-state index in [4.69, 9.17) is 0 Å². The SMILES string of the molecule is O=C(NCC1(c2cccc(C(F)(F)F)c2)CC1)C1CCNCC1. The van der Waals surface area contributed by atoms with Crippen molar-refractivity contribution >= 4 is 5.91 Å². The maximum atomic E-state index is 12.9. The first-order valence-corrected chi connectivity index (χ1v) is 8.07. The molecule has 0 radical (unpaired) electrons. The second kappa shape index (κ2) is 6.15. The number of halogens is 3. The van der Waals surface area contributed by atoms with Crippen molar-refractivity contribution in [3.05, 3.63) is 35.4 Å². The third-order valence-corrected chi connectivity index (χ3v) is 4.97. The topological polar surface area (TPSA) is 41.1 Å². The highest BCUT2D eigenvalue weighted by atomic mass is 19.4. The highest BCUT2D eigenvalue weighted by molar-refractivity contribution is 5.79. The summed E-state index contributed by atoms with van der Waals surface area (Å²) < 4.78 is 38.6. The van der Waals surface area contributed by atoms with Gasteiger partial charge in [0.2, 0.25) is 5.91 Å². The largest absolute Gasteiger partial charge is 0.416 e. The molecule has 2 aliphatic rings. The number of amides is 1. The molecule has 0 unspecified atom stereocenters. The number of nitrogens with one attached hydrogen (secondary N) is 2. The smallest absolute Gasteiger partial charge is 0.355 e. The average molecular weight is 326 g/mol. The van der Waals surface area contributed by atoms with Gasteiger partial charge in [-0.2, -0.15) is 13.2 Å². The van der Waals surface area contributed by atoms with Crippen molar-refractivity contribution < 1.29 is 18.0 Å². The number of hydrogen-bond donors (Lipinski definition) is 2. The molecule has 3 nitrogen and oxygen atoms in total. The van der Waals surface area contributed by atoms with E-state index in [-0.39, 0.29) is 17.2 Å². The molecule has 0 spiro atoms. The summed E-state index contributed by atoms with van der Waals surface area (Å²) >= 11 is 0. The lowest BCUT2D eigenvalue weighted by Crippen LogP contribution is -2.41. The fourth-order valence-electron chi connectivity index (χ4n) is 3.23. The van der Waals surface area contributed by atoms with Crippen LogP contribution in [0.2, 0.25) is 0 Å². The van der Waals surface area contributed by atoms with Crippen LogP contribution in [0, 0.1) is 5.92 Å². The van der Waals surface area contributed by atoms with E-state index in [1.807, 2.05) is 0 Å². The Balaban J connectivity index is 1.65. The van der Waals surface area contributed by atoms with E-state index in [2.05, 4.69) is 10.6 Å². The molecule has 2 N–H and O–H groups in total. The molecule has 1 saturated heterocycles. The fraction of sp³-hybridized carbons (Fsp3) is 0.588. The lowest BCUT2D eigenvalue weighted by atomic mass is 9.93. The Hall–Kier alpha value is -1.56. The van der Waals surface area contributed by atoms with Crippen LogP contribution in [0.25, 0.3) is 0 Å². The number of hydrogen-bond acceptors (Lipinski definition) is 2. The number of rotatable bonds is 4. The lowest BCUT2D eigenvalue weighted by Gasteiger charge is -2.24. The number of alkyl halides is 3. The minimum absolute atomic E-state index is 0.0218. The molecule has 0 atom stereocenters. The minimum atomic E-state index is -4.33. The summed E-state index contributed by atoms with van der Waals surface area (Å²) in [6.45, 7) is 2.12. The van der Waals surface area contributed by atoms with Crippen molar-refractivity contribution in [2.24, 2.45) is 5.92 Å². The summed E-state index contributed by atoms with van der Waals surface area (Å²) in [6.07, 6.45) is -1.04. The van der Waals surface area contributed by atoms with Gasteiger partial charge in [0, 0.05) is 17.9 Å². The monoisotopic (exact) mass is 326 g/mol. The second-order valence-corrected chi connectivity index (χ2v) is 6.60. The van der Waals surface area contributed by atoms with Crippen LogP contribution in [-0.2, 0) is 16.4 Å². The van der Waals surface area contributed by atoms with E-state index in [1.165, 1.54) is 12.1 Å². The minimum Gasteiger partial charge on any atom is -0.355 e. The Kier molecular flexibility index (Phi) is 4.36. The summed E-state index contributed by atoms with van der Waals surface area (Å²) in [5, 5.41) is 6.18. The van der Waals surface area contributed by atoms with Crippen molar-refractivity contribution in [1.82, 2.24) is 10.6 Å². The first kappa shape index (κ1) is 16.3.